The van der Waals surface area contributed by atoms with Crippen LogP contribution in [0.4, 0.5) is 4.39 Å². The van der Waals surface area contributed by atoms with E-state index in [1.165, 1.54) is 12.1 Å². The van der Waals surface area contributed by atoms with Gasteiger partial charge in [-0.2, -0.15) is 0 Å². The van der Waals surface area contributed by atoms with Crippen molar-refractivity contribution in [3.63, 3.8) is 0 Å². The lowest BCUT2D eigenvalue weighted by atomic mass is 10.1. The molecule has 0 aliphatic heterocycles. The van der Waals surface area contributed by atoms with Crippen LogP contribution < -0.4 is 0 Å². The van der Waals surface area contributed by atoms with E-state index >= 15 is 0 Å². The lowest BCUT2D eigenvalue weighted by Gasteiger charge is -2.24. The minimum atomic E-state index is -0.944. The van der Waals surface area contributed by atoms with Crippen molar-refractivity contribution in [2.24, 2.45) is 5.92 Å². The van der Waals surface area contributed by atoms with Crippen molar-refractivity contribution >= 4 is 23.5 Å². The van der Waals surface area contributed by atoms with Crippen molar-refractivity contribution in [2.45, 2.75) is 25.8 Å². The van der Waals surface area contributed by atoms with Crippen molar-refractivity contribution in [2.75, 3.05) is 6.54 Å². The van der Waals surface area contributed by atoms with Crippen LogP contribution in [-0.2, 0) is 4.79 Å². The first-order valence-corrected chi connectivity index (χ1v) is 6.76. The maximum atomic E-state index is 13.1. The molecule has 1 amide bonds. The highest BCUT2D eigenvalue weighted by atomic mass is 35.5. The van der Waals surface area contributed by atoms with Gasteiger partial charge in [-0.05, 0) is 31.0 Å². The van der Waals surface area contributed by atoms with E-state index in [9.17, 15) is 14.0 Å². The van der Waals surface area contributed by atoms with Gasteiger partial charge in [0.2, 0.25) is 0 Å². The summed E-state index contributed by atoms with van der Waals surface area (Å²) in [6.45, 7) is 1.70. The molecular formula is C14H15ClFNO3. The molecule has 0 saturated heterocycles. The van der Waals surface area contributed by atoms with Gasteiger partial charge in [0.15, 0.2) is 0 Å². The van der Waals surface area contributed by atoms with Gasteiger partial charge in [-0.15, -0.1) is 0 Å². The highest BCUT2D eigenvalue weighted by molar-refractivity contribution is 6.31. The fourth-order valence-corrected chi connectivity index (χ4v) is 2.13. The van der Waals surface area contributed by atoms with Crippen LogP contribution in [0.5, 0.6) is 0 Å². The predicted octanol–water partition coefficient (Wildman–Crippen LogP) is 2.80. The van der Waals surface area contributed by atoms with Gasteiger partial charge in [0.1, 0.15) is 5.82 Å². The standard InChI is InChI=1S/C14H15ClFNO3/c1-8(14(19)20)7-17(10-3-4-10)13(18)9-2-5-12(16)11(15)6-9/h2,5-6,8,10H,3-4,7H2,1H3,(H,19,20). The number of carbonyl (C=O) groups is 2. The molecule has 108 valence electrons. The lowest BCUT2D eigenvalue weighted by Crippen LogP contribution is -2.38. The Balaban J connectivity index is 2.18. The molecule has 0 bridgehead atoms. The van der Waals surface area contributed by atoms with Crippen molar-refractivity contribution in [3.8, 4) is 0 Å². The number of rotatable bonds is 5. The first kappa shape index (κ1) is 14.8. The maximum Gasteiger partial charge on any atom is 0.308 e. The Morgan fingerprint density at radius 1 is 1.50 bits per heavy atom. The molecule has 1 atom stereocenters. The van der Waals surface area contributed by atoms with Crippen LogP contribution in [0.3, 0.4) is 0 Å². The third-order valence-corrected chi connectivity index (χ3v) is 3.60. The average molecular weight is 300 g/mol. The summed E-state index contributed by atoms with van der Waals surface area (Å²) in [6.07, 6.45) is 1.74. The van der Waals surface area contributed by atoms with Crippen LogP contribution >= 0.6 is 11.6 Å². The first-order chi connectivity index (χ1) is 9.40. The van der Waals surface area contributed by atoms with Gasteiger partial charge in [0.25, 0.3) is 5.91 Å². The minimum absolute atomic E-state index is 0.0770. The molecule has 6 heteroatoms. The number of carboxylic acids is 1. The lowest BCUT2D eigenvalue weighted by molar-refractivity contribution is -0.141. The van der Waals surface area contributed by atoms with E-state index in [4.69, 9.17) is 16.7 Å². The summed E-state index contributed by atoms with van der Waals surface area (Å²) < 4.78 is 13.1. The number of carboxylic acid groups (broad SMARTS) is 1. The van der Waals surface area contributed by atoms with E-state index in [1.807, 2.05) is 0 Å². The third-order valence-electron chi connectivity index (χ3n) is 3.31. The topological polar surface area (TPSA) is 57.6 Å². The van der Waals surface area contributed by atoms with Crippen LogP contribution in [0.25, 0.3) is 0 Å². The molecule has 0 heterocycles. The normalized spacial score (nSPS) is 15.8. The molecule has 0 spiro atoms. The van der Waals surface area contributed by atoms with Crippen LogP contribution in [0, 0.1) is 11.7 Å². The first-order valence-electron chi connectivity index (χ1n) is 6.39. The van der Waals surface area contributed by atoms with Gasteiger partial charge in [-0.3, -0.25) is 9.59 Å². The van der Waals surface area contributed by atoms with Crippen LogP contribution in [0.1, 0.15) is 30.1 Å². The van der Waals surface area contributed by atoms with Crippen molar-refractivity contribution in [1.29, 1.82) is 0 Å². The Morgan fingerprint density at radius 2 is 2.15 bits per heavy atom. The molecular weight excluding hydrogens is 285 g/mol. The molecule has 0 aromatic heterocycles. The number of nitrogens with zero attached hydrogens (tertiary/aromatic N) is 1. The van der Waals surface area contributed by atoms with E-state index in [-0.39, 0.29) is 29.1 Å². The summed E-state index contributed by atoms with van der Waals surface area (Å²) in [5, 5.41) is 8.84. The Labute approximate surface area is 121 Å². The number of hydrogen-bond acceptors (Lipinski definition) is 2. The molecule has 4 nitrogen and oxygen atoms in total. The summed E-state index contributed by atoms with van der Waals surface area (Å²) in [7, 11) is 0. The number of carbonyl (C=O) groups excluding carboxylic acids is 1. The molecule has 1 aliphatic rings. The smallest absolute Gasteiger partial charge is 0.308 e. The molecule has 1 aromatic carbocycles. The molecule has 0 radical (unpaired) electrons. The van der Waals surface area contributed by atoms with Gasteiger partial charge in [0.05, 0.1) is 10.9 Å². The van der Waals surface area contributed by atoms with Gasteiger partial charge in [0, 0.05) is 18.2 Å². The quantitative estimate of drug-likeness (QED) is 0.909. The molecule has 1 saturated carbocycles. The SMILES string of the molecule is CC(CN(C(=O)c1ccc(F)c(Cl)c1)C1CC1)C(=O)O. The summed E-state index contributed by atoms with van der Waals surface area (Å²) in [6, 6.07) is 3.86. The van der Waals surface area contributed by atoms with Gasteiger partial charge >= 0.3 is 5.97 Å². The van der Waals surface area contributed by atoms with E-state index in [2.05, 4.69) is 0 Å². The Morgan fingerprint density at radius 3 is 2.65 bits per heavy atom. The largest absolute Gasteiger partial charge is 0.481 e. The minimum Gasteiger partial charge on any atom is -0.481 e. The Bertz CT molecular complexity index is 545. The third kappa shape index (κ3) is 3.28. The second-order valence-corrected chi connectivity index (χ2v) is 5.46. The number of hydrogen-bond donors (Lipinski definition) is 1. The van der Waals surface area contributed by atoms with Gasteiger partial charge in [-0.1, -0.05) is 18.5 Å². The zero-order chi connectivity index (χ0) is 14.9. The molecule has 1 aromatic rings. The van der Waals surface area contributed by atoms with Gasteiger partial charge in [-0.25, -0.2) is 4.39 Å². The van der Waals surface area contributed by atoms with Crippen LogP contribution in [0.15, 0.2) is 18.2 Å². The van der Waals surface area contributed by atoms with E-state index < -0.39 is 17.7 Å². The second-order valence-electron chi connectivity index (χ2n) is 5.06. The van der Waals surface area contributed by atoms with Crippen molar-refractivity contribution < 1.29 is 19.1 Å². The zero-order valence-corrected chi connectivity index (χ0v) is 11.7. The average Bonchev–Trinajstić information content (AvgIpc) is 3.22. The van der Waals surface area contributed by atoms with E-state index in [0.717, 1.165) is 18.9 Å². The fourth-order valence-electron chi connectivity index (χ4n) is 1.95. The second kappa shape index (κ2) is 5.79. The molecule has 1 aliphatic carbocycles. The number of amides is 1. The van der Waals surface area contributed by atoms with Crippen LogP contribution in [-0.4, -0.2) is 34.5 Å². The molecule has 1 fully saturated rings. The Hall–Kier alpha value is -1.62. The molecule has 2 rings (SSSR count). The molecule has 1 unspecified atom stereocenters. The molecule has 20 heavy (non-hydrogen) atoms. The summed E-state index contributed by atoms with van der Waals surface area (Å²) >= 11 is 5.67. The fraction of sp³-hybridized carbons (Fsp3) is 0.429. The molecule has 1 N–H and O–H groups in total. The zero-order valence-electron chi connectivity index (χ0n) is 11.0. The summed E-state index contributed by atoms with van der Waals surface area (Å²) in [4.78, 5) is 24.9. The monoisotopic (exact) mass is 299 g/mol. The van der Waals surface area contributed by atoms with Crippen LogP contribution in [0.2, 0.25) is 5.02 Å². The number of benzene rings is 1. The summed E-state index contributed by atoms with van der Waals surface area (Å²) in [5.74, 6) is -2.47. The highest BCUT2D eigenvalue weighted by Crippen LogP contribution is 2.29. The maximum absolute atomic E-state index is 13.1. The van der Waals surface area contributed by atoms with Gasteiger partial charge < -0.3 is 10.0 Å². The number of aliphatic carboxylic acids is 1. The highest BCUT2D eigenvalue weighted by Gasteiger charge is 2.35. The van der Waals surface area contributed by atoms with Crippen molar-refractivity contribution in [3.05, 3.63) is 34.6 Å². The predicted molar refractivity (Wildman–Crippen MR) is 72.3 cm³/mol. The Kier molecular flexibility index (Phi) is 4.28. The van der Waals surface area contributed by atoms with E-state index in [1.54, 1.807) is 11.8 Å². The number of halogens is 2. The van der Waals surface area contributed by atoms with Crippen molar-refractivity contribution in [1.82, 2.24) is 4.90 Å². The summed E-state index contributed by atoms with van der Waals surface area (Å²) in [5.41, 5.74) is 0.279. The van der Waals surface area contributed by atoms with E-state index in [0.29, 0.717) is 0 Å².